The third kappa shape index (κ3) is 5.81. The number of halogens is 1. The molecule has 2 unspecified atom stereocenters. The first kappa shape index (κ1) is 21.3. The third-order valence-corrected chi connectivity index (χ3v) is 6.33. The van der Waals surface area contributed by atoms with Gasteiger partial charge >= 0.3 is 0 Å². The van der Waals surface area contributed by atoms with E-state index in [-0.39, 0.29) is 5.38 Å². The van der Waals surface area contributed by atoms with E-state index < -0.39 is 0 Å². The maximum absolute atomic E-state index is 6.75. The van der Waals surface area contributed by atoms with Crippen molar-refractivity contribution in [3.63, 3.8) is 0 Å². The summed E-state index contributed by atoms with van der Waals surface area (Å²) in [6, 6.07) is 21.9. The van der Waals surface area contributed by atoms with Gasteiger partial charge in [-0.25, -0.2) is 0 Å². The van der Waals surface area contributed by atoms with Gasteiger partial charge in [0.2, 0.25) is 0 Å². The van der Waals surface area contributed by atoms with E-state index in [2.05, 4.69) is 83.1 Å². The lowest BCUT2D eigenvalue weighted by Crippen LogP contribution is -2.50. The van der Waals surface area contributed by atoms with Crippen LogP contribution in [0.4, 0.5) is 0 Å². The summed E-state index contributed by atoms with van der Waals surface area (Å²) in [4.78, 5) is 7.71. The molecule has 0 aliphatic carbocycles. The molecule has 2 atom stereocenters. The highest BCUT2D eigenvalue weighted by atomic mass is 35.5. The summed E-state index contributed by atoms with van der Waals surface area (Å²) in [7, 11) is 0. The van der Waals surface area contributed by atoms with E-state index in [1.54, 1.807) is 0 Å². The third-order valence-electron chi connectivity index (χ3n) is 5.94. The van der Waals surface area contributed by atoms with E-state index >= 15 is 0 Å². The smallest absolute Gasteiger partial charge is 0.0712 e. The monoisotopic (exact) mass is 399 g/mol. The molecular formula is C24H34ClN3. The van der Waals surface area contributed by atoms with Crippen LogP contribution >= 0.6 is 11.6 Å². The van der Waals surface area contributed by atoms with Crippen molar-refractivity contribution in [2.75, 3.05) is 52.4 Å². The first-order chi connectivity index (χ1) is 13.7. The predicted octanol–water partition coefficient (Wildman–Crippen LogP) is 4.67. The Bertz CT molecular complexity index is 675. The van der Waals surface area contributed by atoms with E-state index in [9.17, 15) is 0 Å². The van der Waals surface area contributed by atoms with Crippen LogP contribution in [0, 0.1) is 0 Å². The molecule has 1 saturated heterocycles. The first-order valence-corrected chi connectivity index (χ1v) is 11.1. The molecule has 28 heavy (non-hydrogen) atoms. The fourth-order valence-corrected chi connectivity index (χ4v) is 4.45. The first-order valence-electron chi connectivity index (χ1n) is 10.6. The minimum absolute atomic E-state index is 0.0415. The zero-order valence-electron chi connectivity index (χ0n) is 17.3. The van der Waals surface area contributed by atoms with Gasteiger partial charge in [-0.2, -0.15) is 0 Å². The quantitative estimate of drug-likeness (QED) is 0.567. The zero-order valence-corrected chi connectivity index (χ0v) is 18.1. The summed E-state index contributed by atoms with van der Waals surface area (Å²) < 4.78 is 0. The van der Waals surface area contributed by atoms with Crippen LogP contribution in [-0.4, -0.2) is 67.1 Å². The molecule has 0 saturated carbocycles. The van der Waals surface area contributed by atoms with Gasteiger partial charge in [-0.15, -0.1) is 11.6 Å². The molecule has 1 aliphatic rings. The maximum atomic E-state index is 6.75. The highest BCUT2D eigenvalue weighted by Crippen LogP contribution is 2.28. The summed E-state index contributed by atoms with van der Waals surface area (Å²) in [6.07, 6.45) is 0. The number of likely N-dealkylation sites (N-methyl/N-ethyl adjacent to an activating group) is 1. The Kier molecular flexibility index (Phi) is 8.35. The van der Waals surface area contributed by atoms with Crippen LogP contribution in [0.2, 0.25) is 0 Å². The van der Waals surface area contributed by atoms with Crippen molar-refractivity contribution in [1.82, 2.24) is 14.7 Å². The summed E-state index contributed by atoms with van der Waals surface area (Å²) in [5.74, 6) is 0. The van der Waals surface area contributed by atoms with Crippen molar-refractivity contribution < 1.29 is 0 Å². The molecular weight excluding hydrogens is 366 g/mol. The minimum atomic E-state index is 0.0415. The lowest BCUT2D eigenvalue weighted by molar-refractivity contribution is 0.0655. The van der Waals surface area contributed by atoms with Gasteiger partial charge in [0.15, 0.2) is 0 Å². The summed E-state index contributed by atoms with van der Waals surface area (Å²) in [5.41, 5.74) is 2.63. The molecule has 0 radical (unpaired) electrons. The number of benzene rings is 2. The van der Waals surface area contributed by atoms with Crippen LogP contribution in [0.15, 0.2) is 60.7 Å². The van der Waals surface area contributed by atoms with E-state index in [4.69, 9.17) is 11.6 Å². The molecule has 0 aromatic heterocycles. The van der Waals surface area contributed by atoms with Crippen molar-refractivity contribution in [2.24, 2.45) is 0 Å². The average molecular weight is 400 g/mol. The number of hydrogen-bond acceptors (Lipinski definition) is 3. The average Bonchev–Trinajstić information content (AvgIpc) is 2.76. The molecule has 3 nitrogen and oxygen atoms in total. The van der Waals surface area contributed by atoms with Crippen LogP contribution in [-0.2, 0) is 0 Å². The van der Waals surface area contributed by atoms with Crippen molar-refractivity contribution in [3.05, 3.63) is 71.8 Å². The molecule has 0 amide bonds. The molecule has 2 aromatic rings. The molecule has 1 heterocycles. The van der Waals surface area contributed by atoms with Crippen LogP contribution in [0.1, 0.15) is 36.4 Å². The van der Waals surface area contributed by atoms with Gasteiger partial charge in [-0.05, 0) is 24.2 Å². The number of rotatable bonds is 9. The van der Waals surface area contributed by atoms with Crippen molar-refractivity contribution >= 4 is 11.6 Å². The van der Waals surface area contributed by atoms with Crippen LogP contribution in [0.5, 0.6) is 0 Å². The normalized spacial score (nSPS) is 19.8. The van der Waals surface area contributed by atoms with E-state index in [0.717, 1.165) is 52.4 Å². The number of alkyl halides is 1. The van der Waals surface area contributed by atoms with Crippen molar-refractivity contribution in [2.45, 2.75) is 25.3 Å². The standard InChI is InChI=1S/C24H34ClN3/c1-3-26(4-2)15-17-28-18-16-27(19-23(25)21-11-7-5-8-12-21)20-24(28)22-13-9-6-10-14-22/h5-14,23-24H,3-4,15-20H2,1-2H3. The largest absolute Gasteiger partial charge is 0.303 e. The Balaban J connectivity index is 1.66. The molecule has 152 valence electrons. The van der Waals surface area contributed by atoms with Crippen molar-refractivity contribution in [1.29, 1.82) is 0 Å². The van der Waals surface area contributed by atoms with E-state index in [1.165, 1.54) is 11.1 Å². The lowest BCUT2D eigenvalue weighted by Gasteiger charge is -2.43. The lowest BCUT2D eigenvalue weighted by atomic mass is 10.0. The van der Waals surface area contributed by atoms with Gasteiger partial charge in [-0.1, -0.05) is 74.5 Å². The van der Waals surface area contributed by atoms with Gasteiger partial charge < -0.3 is 4.90 Å². The molecule has 0 spiro atoms. The Hall–Kier alpha value is -1.39. The predicted molar refractivity (Wildman–Crippen MR) is 120 cm³/mol. The minimum Gasteiger partial charge on any atom is -0.303 e. The molecule has 0 bridgehead atoms. The highest BCUT2D eigenvalue weighted by molar-refractivity contribution is 6.21. The molecule has 1 fully saturated rings. The Morgan fingerprint density at radius 3 is 2.25 bits per heavy atom. The number of hydrogen-bond donors (Lipinski definition) is 0. The van der Waals surface area contributed by atoms with Gasteiger partial charge in [0.05, 0.1) is 5.38 Å². The maximum Gasteiger partial charge on any atom is 0.0712 e. The van der Waals surface area contributed by atoms with E-state index in [1.807, 2.05) is 6.07 Å². The second-order valence-electron chi connectivity index (χ2n) is 7.63. The van der Waals surface area contributed by atoms with E-state index in [0.29, 0.717) is 6.04 Å². The SMILES string of the molecule is CCN(CC)CCN1CCN(CC(Cl)c2ccccc2)CC1c1ccccc1. The fraction of sp³-hybridized carbons (Fsp3) is 0.500. The fourth-order valence-electron chi connectivity index (χ4n) is 4.11. The molecule has 0 N–H and O–H groups in total. The topological polar surface area (TPSA) is 9.72 Å². The highest BCUT2D eigenvalue weighted by Gasteiger charge is 2.29. The molecule has 1 aliphatic heterocycles. The summed E-state index contributed by atoms with van der Waals surface area (Å²) >= 11 is 6.75. The summed E-state index contributed by atoms with van der Waals surface area (Å²) in [6.45, 7) is 13.1. The summed E-state index contributed by atoms with van der Waals surface area (Å²) in [5, 5.41) is 0.0415. The zero-order chi connectivity index (χ0) is 19.8. The van der Waals surface area contributed by atoms with Gasteiger partial charge in [0, 0.05) is 45.3 Å². The van der Waals surface area contributed by atoms with Gasteiger partial charge in [-0.3, -0.25) is 9.80 Å². The Labute approximate surface area is 175 Å². The Morgan fingerprint density at radius 1 is 0.964 bits per heavy atom. The number of nitrogens with zero attached hydrogens (tertiary/aromatic N) is 3. The number of piperazine rings is 1. The second kappa shape index (κ2) is 11.0. The molecule has 3 rings (SSSR count). The molecule has 2 aromatic carbocycles. The Morgan fingerprint density at radius 2 is 1.61 bits per heavy atom. The van der Waals surface area contributed by atoms with Crippen LogP contribution in [0.3, 0.4) is 0 Å². The van der Waals surface area contributed by atoms with Crippen molar-refractivity contribution in [3.8, 4) is 0 Å². The molecule has 4 heteroatoms. The van der Waals surface area contributed by atoms with Gasteiger partial charge in [0.1, 0.15) is 0 Å². The van der Waals surface area contributed by atoms with Gasteiger partial charge in [0.25, 0.3) is 0 Å². The second-order valence-corrected chi connectivity index (χ2v) is 8.15. The van der Waals surface area contributed by atoms with Crippen LogP contribution in [0.25, 0.3) is 0 Å². The van der Waals surface area contributed by atoms with Crippen LogP contribution < -0.4 is 0 Å².